The van der Waals surface area contributed by atoms with Crippen LogP contribution in [0.2, 0.25) is 0 Å². The number of ether oxygens (including phenoxy) is 1. The van der Waals surface area contributed by atoms with Crippen LogP contribution in [0.3, 0.4) is 0 Å². The van der Waals surface area contributed by atoms with Gasteiger partial charge in [-0.25, -0.2) is 8.78 Å². The Balaban J connectivity index is 1.99. The fraction of sp³-hybridized carbons (Fsp3) is 0.316. The zero-order chi connectivity index (χ0) is 18.4. The SMILES string of the molecule is COc1ccc([C@H](NC(=O)CSc2ccc(F)cc2F)C(C)C)cc1. The monoisotopic (exact) mass is 365 g/mol. The summed E-state index contributed by atoms with van der Waals surface area (Å²) < 4.78 is 31.7. The molecular weight excluding hydrogens is 344 g/mol. The van der Waals surface area contributed by atoms with Gasteiger partial charge in [0.25, 0.3) is 0 Å². The van der Waals surface area contributed by atoms with E-state index in [1.165, 1.54) is 12.1 Å². The van der Waals surface area contributed by atoms with Crippen molar-refractivity contribution < 1.29 is 18.3 Å². The second kappa shape index (κ2) is 8.85. The lowest BCUT2D eigenvalue weighted by Crippen LogP contribution is -2.33. The summed E-state index contributed by atoms with van der Waals surface area (Å²) in [6.45, 7) is 4.03. The number of methoxy groups -OCH3 is 1. The first-order chi connectivity index (χ1) is 11.9. The molecule has 0 fully saturated rings. The summed E-state index contributed by atoms with van der Waals surface area (Å²) >= 11 is 1.05. The molecule has 0 radical (unpaired) electrons. The van der Waals surface area contributed by atoms with Crippen molar-refractivity contribution in [2.45, 2.75) is 24.8 Å². The lowest BCUT2D eigenvalue weighted by Gasteiger charge is -2.23. The van der Waals surface area contributed by atoms with E-state index in [0.29, 0.717) is 0 Å². The number of hydrogen-bond donors (Lipinski definition) is 1. The Labute approximate surface area is 150 Å². The van der Waals surface area contributed by atoms with Crippen LogP contribution in [0.5, 0.6) is 5.75 Å². The second-order valence-corrected chi connectivity index (χ2v) is 6.94. The van der Waals surface area contributed by atoms with Crippen molar-refractivity contribution in [2.24, 2.45) is 5.92 Å². The number of amides is 1. The van der Waals surface area contributed by atoms with E-state index in [9.17, 15) is 13.6 Å². The number of benzene rings is 2. The maximum atomic E-state index is 13.6. The Kier molecular flexibility index (Phi) is 6.82. The Morgan fingerprint density at radius 3 is 2.40 bits per heavy atom. The van der Waals surface area contributed by atoms with Crippen LogP contribution in [0.15, 0.2) is 47.4 Å². The van der Waals surface area contributed by atoms with Crippen LogP contribution in [-0.4, -0.2) is 18.8 Å². The van der Waals surface area contributed by atoms with Crippen molar-refractivity contribution in [1.82, 2.24) is 5.32 Å². The summed E-state index contributed by atoms with van der Waals surface area (Å²) in [4.78, 5) is 12.5. The fourth-order valence-electron chi connectivity index (χ4n) is 2.40. The number of carbonyl (C=O) groups is 1. The van der Waals surface area contributed by atoms with Crippen molar-refractivity contribution in [2.75, 3.05) is 12.9 Å². The van der Waals surface area contributed by atoms with Gasteiger partial charge in [-0.1, -0.05) is 26.0 Å². The predicted molar refractivity (Wildman–Crippen MR) is 95.8 cm³/mol. The normalized spacial score (nSPS) is 12.1. The molecule has 1 atom stereocenters. The molecule has 1 N–H and O–H groups in total. The average molecular weight is 365 g/mol. The van der Waals surface area contributed by atoms with E-state index in [1.807, 2.05) is 38.1 Å². The van der Waals surface area contributed by atoms with Crippen molar-refractivity contribution in [3.63, 3.8) is 0 Å². The lowest BCUT2D eigenvalue weighted by molar-refractivity contribution is -0.119. The molecule has 0 aliphatic carbocycles. The highest BCUT2D eigenvalue weighted by atomic mass is 32.2. The minimum atomic E-state index is -0.659. The molecule has 0 saturated carbocycles. The summed E-state index contributed by atoms with van der Waals surface area (Å²) in [6.07, 6.45) is 0. The predicted octanol–water partition coefficient (Wildman–Crippen LogP) is 4.58. The van der Waals surface area contributed by atoms with Gasteiger partial charge in [-0.3, -0.25) is 4.79 Å². The molecule has 1 amide bonds. The second-order valence-electron chi connectivity index (χ2n) is 5.93. The van der Waals surface area contributed by atoms with E-state index < -0.39 is 11.6 Å². The maximum absolute atomic E-state index is 13.6. The van der Waals surface area contributed by atoms with Gasteiger partial charge >= 0.3 is 0 Å². The molecule has 0 spiro atoms. The van der Waals surface area contributed by atoms with Crippen LogP contribution in [0, 0.1) is 17.6 Å². The number of halogens is 2. The van der Waals surface area contributed by atoms with Crippen LogP contribution in [-0.2, 0) is 4.79 Å². The highest BCUT2D eigenvalue weighted by Crippen LogP contribution is 2.25. The summed E-state index contributed by atoms with van der Waals surface area (Å²) in [7, 11) is 1.60. The third-order valence-corrected chi connectivity index (χ3v) is 4.76. The average Bonchev–Trinajstić information content (AvgIpc) is 2.59. The number of carbonyl (C=O) groups excluding carboxylic acids is 1. The summed E-state index contributed by atoms with van der Waals surface area (Å²) in [6, 6.07) is 10.7. The Hall–Kier alpha value is -2.08. The summed E-state index contributed by atoms with van der Waals surface area (Å²) in [5.74, 6) is -0.505. The molecule has 6 heteroatoms. The summed E-state index contributed by atoms with van der Waals surface area (Å²) in [5, 5.41) is 2.97. The van der Waals surface area contributed by atoms with Gasteiger partial charge in [-0.2, -0.15) is 0 Å². The largest absolute Gasteiger partial charge is 0.497 e. The van der Waals surface area contributed by atoms with Gasteiger partial charge in [0, 0.05) is 11.0 Å². The Morgan fingerprint density at radius 2 is 1.84 bits per heavy atom. The molecular formula is C19H21F2NO2S. The minimum Gasteiger partial charge on any atom is -0.497 e. The molecule has 0 bridgehead atoms. The van der Waals surface area contributed by atoms with Gasteiger partial charge in [-0.05, 0) is 35.7 Å². The highest BCUT2D eigenvalue weighted by molar-refractivity contribution is 8.00. The lowest BCUT2D eigenvalue weighted by atomic mass is 9.96. The maximum Gasteiger partial charge on any atom is 0.230 e. The highest BCUT2D eigenvalue weighted by Gasteiger charge is 2.19. The Bertz CT molecular complexity index is 720. The molecule has 0 heterocycles. The van der Waals surface area contributed by atoms with Crippen molar-refractivity contribution in [1.29, 1.82) is 0 Å². The van der Waals surface area contributed by atoms with Crippen LogP contribution in [0.1, 0.15) is 25.5 Å². The zero-order valence-electron chi connectivity index (χ0n) is 14.4. The topological polar surface area (TPSA) is 38.3 Å². The van der Waals surface area contributed by atoms with Crippen molar-refractivity contribution in [3.05, 3.63) is 59.7 Å². The first kappa shape index (κ1) is 19.2. The number of thioether (sulfide) groups is 1. The smallest absolute Gasteiger partial charge is 0.230 e. The van der Waals surface area contributed by atoms with Crippen LogP contribution >= 0.6 is 11.8 Å². The molecule has 0 aliphatic heterocycles. The van der Waals surface area contributed by atoms with Gasteiger partial charge in [0.2, 0.25) is 5.91 Å². The van der Waals surface area contributed by atoms with Crippen molar-refractivity contribution in [3.8, 4) is 5.75 Å². The van der Waals surface area contributed by atoms with E-state index in [0.717, 1.165) is 29.1 Å². The van der Waals surface area contributed by atoms with E-state index in [2.05, 4.69) is 5.32 Å². The first-order valence-corrected chi connectivity index (χ1v) is 8.90. The number of hydrogen-bond acceptors (Lipinski definition) is 3. The quantitative estimate of drug-likeness (QED) is 0.730. The number of rotatable bonds is 7. The fourth-order valence-corrected chi connectivity index (χ4v) is 3.13. The third-order valence-electron chi connectivity index (χ3n) is 3.71. The van der Waals surface area contributed by atoms with E-state index in [1.54, 1.807) is 7.11 Å². The van der Waals surface area contributed by atoms with Gasteiger partial charge in [0.05, 0.1) is 18.9 Å². The van der Waals surface area contributed by atoms with Gasteiger partial charge in [0.1, 0.15) is 17.4 Å². The van der Waals surface area contributed by atoms with Crippen LogP contribution in [0.25, 0.3) is 0 Å². The van der Waals surface area contributed by atoms with E-state index in [-0.39, 0.29) is 28.5 Å². The zero-order valence-corrected chi connectivity index (χ0v) is 15.2. The van der Waals surface area contributed by atoms with E-state index in [4.69, 9.17) is 4.74 Å². The van der Waals surface area contributed by atoms with E-state index >= 15 is 0 Å². The molecule has 0 unspecified atom stereocenters. The third kappa shape index (κ3) is 5.46. The molecule has 0 aliphatic rings. The molecule has 25 heavy (non-hydrogen) atoms. The molecule has 0 aromatic heterocycles. The van der Waals surface area contributed by atoms with Gasteiger partial charge in [-0.15, -0.1) is 11.8 Å². The number of nitrogens with one attached hydrogen (secondary N) is 1. The minimum absolute atomic E-state index is 0.0575. The van der Waals surface area contributed by atoms with Crippen LogP contribution in [0.4, 0.5) is 8.78 Å². The standard InChI is InChI=1S/C19H21F2NO2S/c1-12(2)19(13-4-7-15(24-3)8-5-13)22-18(23)11-25-17-9-6-14(20)10-16(17)21/h4-10,12,19H,11H2,1-3H3,(H,22,23)/t19-/m1/s1. The molecule has 2 rings (SSSR count). The Morgan fingerprint density at radius 1 is 1.16 bits per heavy atom. The molecule has 3 nitrogen and oxygen atoms in total. The van der Waals surface area contributed by atoms with Crippen LogP contribution < -0.4 is 10.1 Å². The molecule has 134 valence electrons. The van der Waals surface area contributed by atoms with Gasteiger partial charge in [0.15, 0.2) is 0 Å². The molecule has 2 aromatic rings. The summed E-state index contributed by atoms with van der Waals surface area (Å²) in [5.41, 5.74) is 0.974. The van der Waals surface area contributed by atoms with Gasteiger partial charge < -0.3 is 10.1 Å². The van der Waals surface area contributed by atoms with Crippen molar-refractivity contribution >= 4 is 17.7 Å². The molecule has 2 aromatic carbocycles. The molecule has 0 saturated heterocycles. The first-order valence-electron chi connectivity index (χ1n) is 7.92.